The Labute approximate surface area is 126 Å². The average molecular weight is 285 g/mol. The van der Waals surface area contributed by atoms with Crippen molar-refractivity contribution in [2.45, 2.75) is 33.2 Å². The molecule has 1 N–H and O–H groups in total. The number of rotatable bonds is 6. The molecule has 2 rings (SSSR count). The highest BCUT2D eigenvalue weighted by Gasteiger charge is 2.10. The van der Waals surface area contributed by atoms with Crippen molar-refractivity contribution in [2.24, 2.45) is 0 Å². The highest BCUT2D eigenvalue weighted by molar-refractivity contribution is 5.30. The molecule has 0 bridgehead atoms. The molecular formula is C17H23N3O. The van der Waals surface area contributed by atoms with Crippen molar-refractivity contribution in [3.8, 4) is 5.75 Å². The molecule has 0 amide bonds. The monoisotopic (exact) mass is 285 g/mol. The maximum absolute atomic E-state index is 5.24. The molecule has 21 heavy (non-hydrogen) atoms. The third-order valence-corrected chi connectivity index (χ3v) is 3.54. The lowest BCUT2D eigenvalue weighted by atomic mass is 10.1. The lowest BCUT2D eigenvalue weighted by molar-refractivity contribution is 0.414. The minimum absolute atomic E-state index is 0.279. The van der Waals surface area contributed by atoms with E-state index in [-0.39, 0.29) is 6.04 Å². The Bertz CT molecular complexity index is 598. The van der Waals surface area contributed by atoms with Crippen molar-refractivity contribution in [2.75, 3.05) is 13.7 Å². The lowest BCUT2D eigenvalue weighted by Gasteiger charge is -2.15. The van der Waals surface area contributed by atoms with Crippen LogP contribution in [0.5, 0.6) is 5.75 Å². The van der Waals surface area contributed by atoms with Gasteiger partial charge in [-0.15, -0.1) is 0 Å². The Kier molecular flexibility index (Phi) is 5.28. The molecule has 112 valence electrons. The molecule has 0 fully saturated rings. The number of nitrogens with one attached hydrogen (secondary N) is 1. The zero-order chi connectivity index (χ0) is 15.2. The molecule has 1 atom stereocenters. The molecule has 0 aliphatic carbocycles. The van der Waals surface area contributed by atoms with Crippen LogP contribution < -0.4 is 10.1 Å². The zero-order valence-corrected chi connectivity index (χ0v) is 13.2. The van der Waals surface area contributed by atoms with E-state index in [0.717, 1.165) is 34.9 Å². The summed E-state index contributed by atoms with van der Waals surface area (Å²) in [6.07, 6.45) is 2.65. The first-order valence-electron chi connectivity index (χ1n) is 7.32. The first-order chi connectivity index (χ1) is 10.1. The number of benzene rings is 1. The molecule has 1 unspecified atom stereocenters. The van der Waals surface area contributed by atoms with Gasteiger partial charge < -0.3 is 10.1 Å². The van der Waals surface area contributed by atoms with E-state index < -0.39 is 0 Å². The van der Waals surface area contributed by atoms with Gasteiger partial charge in [-0.2, -0.15) is 0 Å². The molecule has 0 aliphatic heterocycles. The number of aromatic nitrogens is 2. The van der Waals surface area contributed by atoms with Gasteiger partial charge in [0, 0.05) is 29.9 Å². The quantitative estimate of drug-likeness (QED) is 0.886. The maximum Gasteiger partial charge on any atom is 0.132 e. The van der Waals surface area contributed by atoms with Crippen LogP contribution >= 0.6 is 0 Å². The minimum atomic E-state index is 0.279. The molecular weight excluding hydrogens is 262 g/mol. The van der Waals surface area contributed by atoms with E-state index >= 15 is 0 Å². The number of methoxy groups -OCH3 is 1. The fourth-order valence-corrected chi connectivity index (χ4v) is 2.42. The second-order valence-corrected chi connectivity index (χ2v) is 5.13. The molecule has 1 aromatic heterocycles. The van der Waals surface area contributed by atoms with Gasteiger partial charge >= 0.3 is 0 Å². The third-order valence-electron chi connectivity index (χ3n) is 3.54. The number of nitrogens with zero attached hydrogens (tertiary/aromatic N) is 2. The molecule has 4 nitrogen and oxygen atoms in total. The summed E-state index contributed by atoms with van der Waals surface area (Å²) in [5.74, 6) is 1.70. The molecule has 0 aliphatic rings. The van der Waals surface area contributed by atoms with E-state index in [1.165, 1.54) is 0 Å². The van der Waals surface area contributed by atoms with Gasteiger partial charge in [0.1, 0.15) is 11.6 Å². The largest absolute Gasteiger partial charge is 0.497 e. The van der Waals surface area contributed by atoms with Crippen LogP contribution in [0.3, 0.4) is 0 Å². The van der Waals surface area contributed by atoms with Crippen molar-refractivity contribution in [3.05, 3.63) is 53.1 Å². The lowest BCUT2D eigenvalue weighted by Crippen LogP contribution is -2.19. The van der Waals surface area contributed by atoms with E-state index in [4.69, 9.17) is 4.74 Å². The zero-order valence-electron chi connectivity index (χ0n) is 13.2. The Morgan fingerprint density at radius 3 is 2.81 bits per heavy atom. The van der Waals surface area contributed by atoms with Gasteiger partial charge in [-0.25, -0.2) is 9.97 Å². The minimum Gasteiger partial charge on any atom is -0.497 e. The van der Waals surface area contributed by atoms with Crippen molar-refractivity contribution in [1.82, 2.24) is 15.3 Å². The van der Waals surface area contributed by atoms with Crippen LogP contribution in [0.4, 0.5) is 0 Å². The number of hydrogen-bond acceptors (Lipinski definition) is 4. The first-order valence-corrected chi connectivity index (χ1v) is 7.32. The second-order valence-electron chi connectivity index (χ2n) is 5.13. The number of hydrogen-bond donors (Lipinski definition) is 1. The fourth-order valence-electron chi connectivity index (χ4n) is 2.42. The van der Waals surface area contributed by atoms with Crippen LogP contribution in [0.1, 0.15) is 42.5 Å². The molecule has 1 aromatic carbocycles. The molecule has 0 saturated carbocycles. The topological polar surface area (TPSA) is 47.0 Å². The van der Waals surface area contributed by atoms with E-state index in [9.17, 15) is 0 Å². The summed E-state index contributed by atoms with van der Waals surface area (Å²) < 4.78 is 5.24. The molecule has 4 heteroatoms. The highest BCUT2D eigenvalue weighted by Crippen LogP contribution is 2.17. The Morgan fingerprint density at radius 2 is 2.14 bits per heavy atom. The van der Waals surface area contributed by atoms with Gasteiger partial charge in [-0.1, -0.05) is 19.1 Å². The normalized spacial score (nSPS) is 12.2. The van der Waals surface area contributed by atoms with Gasteiger partial charge in [0.05, 0.1) is 7.11 Å². The Morgan fingerprint density at radius 1 is 1.33 bits per heavy atom. The Balaban J connectivity index is 2.16. The maximum atomic E-state index is 5.24. The van der Waals surface area contributed by atoms with Gasteiger partial charge in [-0.3, -0.25) is 0 Å². The summed E-state index contributed by atoms with van der Waals surface area (Å²) in [6, 6.07) is 8.30. The first kappa shape index (κ1) is 15.4. The molecule has 0 radical (unpaired) electrons. The van der Waals surface area contributed by atoms with Gasteiger partial charge in [0.2, 0.25) is 0 Å². The summed E-state index contributed by atoms with van der Waals surface area (Å²) in [7, 11) is 1.68. The standard InChI is InChI=1S/C17H23N3O/c1-5-18-12(2)16-11-19-17(20-13(16)3)10-14-7-6-8-15(9-14)21-4/h6-9,11-12,18H,5,10H2,1-4H3. The summed E-state index contributed by atoms with van der Waals surface area (Å²) in [5.41, 5.74) is 3.35. The van der Waals surface area contributed by atoms with Crippen LogP contribution in [0.2, 0.25) is 0 Å². The molecule has 1 heterocycles. The summed E-state index contributed by atoms with van der Waals surface area (Å²) in [4.78, 5) is 9.14. The number of aryl methyl sites for hydroxylation is 1. The average Bonchev–Trinajstić information content (AvgIpc) is 2.47. The third kappa shape index (κ3) is 4.02. The van der Waals surface area contributed by atoms with Crippen LogP contribution in [0.25, 0.3) is 0 Å². The van der Waals surface area contributed by atoms with Crippen molar-refractivity contribution < 1.29 is 4.74 Å². The fraction of sp³-hybridized carbons (Fsp3) is 0.412. The van der Waals surface area contributed by atoms with E-state index in [1.54, 1.807) is 7.11 Å². The van der Waals surface area contributed by atoms with Gasteiger partial charge in [0.25, 0.3) is 0 Å². The van der Waals surface area contributed by atoms with E-state index in [1.807, 2.05) is 31.3 Å². The predicted octanol–water partition coefficient (Wildman–Crippen LogP) is 3.05. The summed E-state index contributed by atoms with van der Waals surface area (Å²) in [5, 5.41) is 3.39. The van der Waals surface area contributed by atoms with Gasteiger partial charge in [0.15, 0.2) is 0 Å². The van der Waals surface area contributed by atoms with Crippen molar-refractivity contribution in [1.29, 1.82) is 0 Å². The Hall–Kier alpha value is -1.94. The van der Waals surface area contributed by atoms with Crippen molar-refractivity contribution in [3.63, 3.8) is 0 Å². The van der Waals surface area contributed by atoms with Crippen LogP contribution in [-0.4, -0.2) is 23.6 Å². The summed E-state index contributed by atoms with van der Waals surface area (Å²) in [6.45, 7) is 7.22. The van der Waals surface area contributed by atoms with Crippen LogP contribution in [0, 0.1) is 6.92 Å². The molecule has 2 aromatic rings. The van der Waals surface area contributed by atoms with Gasteiger partial charge in [-0.05, 0) is 38.1 Å². The second kappa shape index (κ2) is 7.18. The summed E-state index contributed by atoms with van der Waals surface area (Å²) >= 11 is 0. The molecule has 0 spiro atoms. The van der Waals surface area contributed by atoms with Crippen LogP contribution in [-0.2, 0) is 6.42 Å². The van der Waals surface area contributed by atoms with Crippen LogP contribution in [0.15, 0.2) is 30.5 Å². The van der Waals surface area contributed by atoms with E-state index in [2.05, 4.69) is 35.2 Å². The molecule has 0 saturated heterocycles. The number of ether oxygens (including phenoxy) is 1. The predicted molar refractivity (Wildman–Crippen MR) is 84.7 cm³/mol. The SMILES string of the molecule is CCNC(C)c1cnc(Cc2cccc(OC)c2)nc1C. The smallest absolute Gasteiger partial charge is 0.132 e. The highest BCUT2D eigenvalue weighted by atomic mass is 16.5. The van der Waals surface area contributed by atoms with E-state index in [0.29, 0.717) is 6.42 Å². The van der Waals surface area contributed by atoms with Crippen molar-refractivity contribution >= 4 is 0 Å².